The first kappa shape index (κ1) is 9.98. The van der Waals surface area contributed by atoms with Gasteiger partial charge < -0.3 is 5.11 Å². The van der Waals surface area contributed by atoms with Crippen molar-refractivity contribution in [1.82, 2.24) is 4.98 Å². The monoisotopic (exact) mass is 209 g/mol. The third-order valence-corrected chi connectivity index (χ3v) is 2.22. The number of fused-ring (bicyclic) bond motifs is 1. The molecule has 1 heterocycles. The number of benzene rings is 1. The largest absolute Gasteiger partial charge is 0.387 e. The molecule has 78 valence electrons. The van der Waals surface area contributed by atoms with Gasteiger partial charge in [0.25, 0.3) is 0 Å². The fourth-order valence-electron chi connectivity index (χ4n) is 1.56. The van der Waals surface area contributed by atoms with Crippen LogP contribution in [-0.4, -0.2) is 10.1 Å². The van der Waals surface area contributed by atoms with Crippen molar-refractivity contribution < 1.29 is 13.9 Å². The van der Waals surface area contributed by atoms with E-state index in [1.54, 1.807) is 0 Å². The van der Waals surface area contributed by atoms with Gasteiger partial charge in [0.1, 0.15) is 11.6 Å². The Morgan fingerprint density at radius 1 is 1.27 bits per heavy atom. The molecule has 2 nitrogen and oxygen atoms in total. The van der Waals surface area contributed by atoms with E-state index < -0.39 is 17.7 Å². The summed E-state index contributed by atoms with van der Waals surface area (Å²) in [6.45, 7) is 1.50. The van der Waals surface area contributed by atoms with Crippen molar-refractivity contribution in [3.63, 3.8) is 0 Å². The summed E-state index contributed by atoms with van der Waals surface area (Å²) < 4.78 is 26.3. The second kappa shape index (κ2) is 3.55. The van der Waals surface area contributed by atoms with Gasteiger partial charge in [-0.05, 0) is 19.1 Å². The van der Waals surface area contributed by atoms with E-state index in [0.717, 1.165) is 6.07 Å². The molecule has 0 aliphatic heterocycles. The Morgan fingerprint density at radius 2 is 2.00 bits per heavy atom. The highest BCUT2D eigenvalue weighted by Crippen LogP contribution is 2.25. The maximum atomic E-state index is 13.3. The van der Waals surface area contributed by atoms with Crippen LogP contribution >= 0.6 is 0 Å². The summed E-state index contributed by atoms with van der Waals surface area (Å²) in [5.41, 5.74) is 0.283. The number of hydrogen-bond donors (Lipinski definition) is 1. The molecule has 15 heavy (non-hydrogen) atoms. The fraction of sp³-hybridized carbons (Fsp3) is 0.182. The molecule has 0 amide bonds. The second-order valence-corrected chi connectivity index (χ2v) is 3.35. The molecule has 0 aliphatic rings. The van der Waals surface area contributed by atoms with Crippen molar-refractivity contribution >= 4 is 10.8 Å². The summed E-state index contributed by atoms with van der Waals surface area (Å²) in [7, 11) is 0. The van der Waals surface area contributed by atoms with Crippen molar-refractivity contribution in [3.05, 3.63) is 41.7 Å². The molecule has 2 aromatic rings. The number of rotatable bonds is 1. The highest BCUT2D eigenvalue weighted by molar-refractivity contribution is 5.85. The zero-order valence-electron chi connectivity index (χ0n) is 8.04. The number of nitrogens with zero attached hydrogens (tertiary/aromatic N) is 1. The number of halogens is 2. The summed E-state index contributed by atoms with van der Waals surface area (Å²) in [5.74, 6) is -1.32. The van der Waals surface area contributed by atoms with Crippen LogP contribution in [0.2, 0.25) is 0 Å². The SMILES string of the molecule is CC(O)c1nccc2c(F)cc(F)cc12. The average molecular weight is 209 g/mol. The first-order chi connectivity index (χ1) is 7.09. The predicted octanol–water partition coefficient (Wildman–Crippen LogP) is 2.57. The molecule has 4 heteroatoms. The lowest BCUT2D eigenvalue weighted by Crippen LogP contribution is -1.98. The van der Waals surface area contributed by atoms with Crippen LogP contribution in [0.25, 0.3) is 10.8 Å². The van der Waals surface area contributed by atoms with Gasteiger partial charge in [-0.2, -0.15) is 0 Å². The third-order valence-electron chi connectivity index (χ3n) is 2.22. The Labute approximate surface area is 85.2 Å². The number of aliphatic hydroxyl groups is 1. The molecule has 0 saturated carbocycles. The van der Waals surface area contributed by atoms with E-state index in [0.29, 0.717) is 5.39 Å². The van der Waals surface area contributed by atoms with Gasteiger partial charge in [-0.1, -0.05) is 0 Å². The van der Waals surface area contributed by atoms with Crippen molar-refractivity contribution in [2.45, 2.75) is 13.0 Å². The van der Waals surface area contributed by atoms with E-state index in [4.69, 9.17) is 0 Å². The molecule has 2 rings (SSSR count). The summed E-state index contributed by atoms with van der Waals surface area (Å²) in [4.78, 5) is 3.91. The van der Waals surface area contributed by atoms with E-state index in [-0.39, 0.29) is 11.1 Å². The van der Waals surface area contributed by atoms with E-state index in [9.17, 15) is 13.9 Å². The molecule has 1 atom stereocenters. The normalized spacial score (nSPS) is 13.1. The van der Waals surface area contributed by atoms with Crippen molar-refractivity contribution in [1.29, 1.82) is 0 Å². The number of hydrogen-bond acceptors (Lipinski definition) is 2. The van der Waals surface area contributed by atoms with Gasteiger partial charge in [-0.15, -0.1) is 0 Å². The lowest BCUT2D eigenvalue weighted by molar-refractivity contribution is 0.196. The van der Waals surface area contributed by atoms with Gasteiger partial charge in [0.2, 0.25) is 0 Å². The summed E-state index contributed by atoms with van der Waals surface area (Å²) in [5, 5.41) is 9.97. The Balaban J connectivity index is 2.85. The van der Waals surface area contributed by atoms with E-state index in [1.807, 2.05) is 0 Å². The molecule has 1 N–H and O–H groups in total. The van der Waals surface area contributed by atoms with E-state index in [1.165, 1.54) is 25.3 Å². The minimum atomic E-state index is -0.852. The Morgan fingerprint density at radius 3 is 2.67 bits per heavy atom. The second-order valence-electron chi connectivity index (χ2n) is 3.35. The first-order valence-electron chi connectivity index (χ1n) is 4.51. The van der Waals surface area contributed by atoms with E-state index in [2.05, 4.69) is 4.98 Å². The van der Waals surface area contributed by atoms with Gasteiger partial charge in [0.05, 0.1) is 11.8 Å². The third kappa shape index (κ3) is 1.68. The number of aromatic nitrogens is 1. The van der Waals surface area contributed by atoms with Gasteiger partial charge in [-0.3, -0.25) is 4.98 Å². The Bertz CT molecular complexity index is 511. The average Bonchev–Trinajstić information content (AvgIpc) is 2.16. The van der Waals surface area contributed by atoms with Crippen molar-refractivity contribution in [3.8, 4) is 0 Å². The molecule has 1 unspecified atom stereocenters. The molecule has 1 aromatic heterocycles. The molecule has 0 bridgehead atoms. The molecular formula is C11H9F2NO. The molecule has 0 radical (unpaired) electrons. The minimum Gasteiger partial charge on any atom is -0.387 e. The van der Waals surface area contributed by atoms with Crippen LogP contribution in [0.15, 0.2) is 24.4 Å². The summed E-state index contributed by atoms with van der Waals surface area (Å²) >= 11 is 0. The van der Waals surface area contributed by atoms with E-state index >= 15 is 0 Å². The van der Waals surface area contributed by atoms with Gasteiger partial charge in [-0.25, -0.2) is 8.78 Å². The van der Waals surface area contributed by atoms with Crippen LogP contribution in [0.5, 0.6) is 0 Å². The highest BCUT2D eigenvalue weighted by Gasteiger charge is 2.11. The number of aliphatic hydroxyl groups excluding tert-OH is 1. The predicted molar refractivity (Wildman–Crippen MR) is 52.3 cm³/mol. The molecule has 0 spiro atoms. The van der Waals surface area contributed by atoms with Crippen LogP contribution in [-0.2, 0) is 0 Å². The Hall–Kier alpha value is -1.55. The Kier molecular flexibility index (Phi) is 2.36. The van der Waals surface area contributed by atoms with Gasteiger partial charge in [0, 0.05) is 23.0 Å². The number of pyridine rings is 1. The van der Waals surface area contributed by atoms with Gasteiger partial charge >= 0.3 is 0 Å². The quantitative estimate of drug-likeness (QED) is 0.783. The highest BCUT2D eigenvalue weighted by atomic mass is 19.1. The summed E-state index contributed by atoms with van der Waals surface area (Å²) in [6, 6.07) is 3.44. The molecule has 0 saturated heterocycles. The first-order valence-corrected chi connectivity index (χ1v) is 4.51. The molecular weight excluding hydrogens is 200 g/mol. The summed E-state index contributed by atoms with van der Waals surface area (Å²) in [6.07, 6.45) is 0.542. The topological polar surface area (TPSA) is 33.1 Å². The maximum absolute atomic E-state index is 13.3. The van der Waals surface area contributed by atoms with Crippen molar-refractivity contribution in [2.24, 2.45) is 0 Å². The zero-order chi connectivity index (χ0) is 11.0. The van der Waals surface area contributed by atoms with Crippen LogP contribution in [0.4, 0.5) is 8.78 Å². The lowest BCUT2D eigenvalue weighted by Gasteiger charge is -2.08. The van der Waals surface area contributed by atoms with Crippen LogP contribution in [0.3, 0.4) is 0 Å². The minimum absolute atomic E-state index is 0.266. The molecule has 0 aliphatic carbocycles. The zero-order valence-corrected chi connectivity index (χ0v) is 8.04. The molecule has 1 aromatic carbocycles. The van der Waals surface area contributed by atoms with Crippen LogP contribution in [0, 0.1) is 11.6 Å². The standard InChI is InChI=1S/C11H9F2NO/c1-6(15)11-9-4-7(12)5-10(13)8(9)2-3-14-11/h2-6,15H,1H3. The van der Waals surface area contributed by atoms with Crippen LogP contribution in [0.1, 0.15) is 18.7 Å². The maximum Gasteiger partial charge on any atom is 0.134 e. The van der Waals surface area contributed by atoms with Crippen molar-refractivity contribution in [2.75, 3.05) is 0 Å². The van der Waals surface area contributed by atoms with Crippen LogP contribution < -0.4 is 0 Å². The van der Waals surface area contributed by atoms with Gasteiger partial charge in [0.15, 0.2) is 0 Å². The lowest BCUT2D eigenvalue weighted by atomic mass is 10.1. The molecule has 0 fully saturated rings. The fourth-order valence-corrected chi connectivity index (χ4v) is 1.56. The smallest absolute Gasteiger partial charge is 0.134 e.